The summed E-state index contributed by atoms with van der Waals surface area (Å²) in [7, 11) is -4.01. The van der Waals surface area contributed by atoms with Crippen LogP contribution in [0.15, 0.2) is 46.0 Å². The fraction of sp³-hybridized carbons (Fsp3) is 0.267. The molecule has 2 rings (SSSR count). The van der Waals surface area contributed by atoms with Crippen LogP contribution in [0.3, 0.4) is 0 Å². The summed E-state index contributed by atoms with van der Waals surface area (Å²) in [6.45, 7) is 3.04. The second kappa shape index (κ2) is 7.10. The number of carbonyl (C=O) groups excluding carboxylic acids is 1. The molecule has 0 aliphatic rings. The first-order chi connectivity index (χ1) is 10.8. The lowest BCUT2D eigenvalue weighted by molar-refractivity contribution is -0.120. The minimum absolute atomic E-state index is 0.0538. The lowest BCUT2D eigenvalue weighted by atomic mass is 10.3. The highest BCUT2D eigenvalue weighted by molar-refractivity contribution is 7.94. The molecule has 0 unspecified atom stereocenters. The molecular weight excluding hydrogens is 339 g/mol. The molecule has 1 aromatic heterocycles. The quantitative estimate of drug-likeness (QED) is 0.865. The van der Waals surface area contributed by atoms with Crippen molar-refractivity contribution in [1.82, 2.24) is 5.32 Å². The number of benzene rings is 1. The number of thiophene rings is 1. The van der Waals surface area contributed by atoms with Crippen LogP contribution in [0.5, 0.6) is 0 Å². The van der Waals surface area contributed by atoms with E-state index in [0.29, 0.717) is 0 Å². The van der Waals surface area contributed by atoms with Crippen LogP contribution in [0.1, 0.15) is 13.8 Å². The van der Waals surface area contributed by atoms with Crippen LogP contribution >= 0.6 is 11.3 Å². The molecule has 8 heteroatoms. The summed E-state index contributed by atoms with van der Waals surface area (Å²) in [6.07, 6.45) is 0. The number of hydrogen-bond donors (Lipinski definition) is 1. The van der Waals surface area contributed by atoms with Gasteiger partial charge in [-0.15, -0.1) is 11.3 Å². The summed E-state index contributed by atoms with van der Waals surface area (Å²) in [6, 6.07) is 8.35. The fourth-order valence-electron chi connectivity index (χ4n) is 1.97. The molecule has 0 spiro atoms. The third kappa shape index (κ3) is 4.08. The van der Waals surface area contributed by atoms with Crippen molar-refractivity contribution in [3.63, 3.8) is 0 Å². The number of sulfonamides is 1. The first-order valence-electron chi connectivity index (χ1n) is 6.92. The molecule has 1 heterocycles. The van der Waals surface area contributed by atoms with Gasteiger partial charge in [-0.05, 0) is 37.4 Å². The first-order valence-corrected chi connectivity index (χ1v) is 9.24. The van der Waals surface area contributed by atoms with Crippen molar-refractivity contribution in [1.29, 1.82) is 0 Å². The maximum Gasteiger partial charge on any atom is 0.274 e. The van der Waals surface area contributed by atoms with Crippen molar-refractivity contribution >= 4 is 33.0 Å². The first kappa shape index (κ1) is 17.4. The molecule has 0 atom stereocenters. The number of hydrogen-bond acceptors (Lipinski definition) is 4. The van der Waals surface area contributed by atoms with Crippen LogP contribution in [0.2, 0.25) is 0 Å². The Morgan fingerprint density at radius 3 is 2.52 bits per heavy atom. The Balaban J connectivity index is 2.44. The molecule has 5 nitrogen and oxygen atoms in total. The molecule has 0 aliphatic carbocycles. The topological polar surface area (TPSA) is 66.5 Å². The maximum absolute atomic E-state index is 14.1. The van der Waals surface area contributed by atoms with Gasteiger partial charge in [0, 0.05) is 6.04 Å². The van der Waals surface area contributed by atoms with E-state index in [1.54, 1.807) is 25.3 Å². The van der Waals surface area contributed by atoms with Gasteiger partial charge in [0.2, 0.25) is 5.91 Å². The van der Waals surface area contributed by atoms with Gasteiger partial charge in [0.1, 0.15) is 16.6 Å². The van der Waals surface area contributed by atoms with Crippen LogP contribution in [0.4, 0.5) is 10.1 Å². The van der Waals surface area contributed by atoms with E-state index in [9.17, 15) is 17.6 Å². The molecule has 0 bridgehead atoms. The van der Waals surface area contributed by atoms with Gasteiger partial charge in [0.25, 0.3) is 10.0 Å². The van der Waals surface area contributed by atoms with Crippen LogP contribution in [-0.4, -0.2) is 26.9 Å². The highest BCUT2D eigenvalue weighted by Crippen LogP contribution is 2.28. The molecule has 124 valence electrons. The molecule has 0 saturated heterocycles. The molecule has 1 aromatic carbocycles. The Kier molecular flexibility index (Phi) is 5.38. The van der Waals surface area contributed by atoms with Crippen LogP contribution < -0.4 is 9.62 Å². The van der Waals surface area contributed by atoms with E-state index in [-0.39, 0.29) is 15.9 Å². The van der Waals surface area contributed by atoms with E-state index >= 15 is 0 Å². The summed E-state index contributed by atoms with van der Waals surface area (Å²) < 4.78 is 40.5. The largest absolute Gasteiger partial charge is 0.352 e. The lowest BCUT2D eigenvalue weighted by Crippen LogP contribution is -2.43. The number of anilines is 1. The van der Waals surface area contributed by atoms with Gasteiger partial charge in [0.15, 0.2) is 0 Å². The Hall–Kier alpha value is -1.93. The van der Waals surface area contributed by atoms with Gasteiger partial charge in [-0.2, -0.15) is 0 Å². The minimum Gasteiger partial charge on any atom is -0.352 e. The molecule has 0 saturated carbocycles. The number of nitrogens with zero attached hydrogens (tertiary/aromatic N) is 1. The molecule has 0 aliphatic heterocycles. The average molecular weight is 356 g/mol. The van der Waals surface area contributed by atoms with Gasteiger partial charge in [-0.3, -0.25) is 9.10 Å². The molecule has 1 amide bonds. The van der Waals surface area contributed by atoms with Gasteiger partial charge in [-0.25, -0.2) is 12.8 Å². The summed E-state index contributed by atoms with van der Waals surface area (Å²) in [5, 5.41) is 4.23. The molecular formula is C15H17FN2O3S2. The van der Waals surface area contributed by atoms with Crippen molar-refractivity contribution in [2.75, 3.05) is 10.8 Å². The standard InChI is InChI=1S/C15H17FN2O3S2/c1-11(2)17-14(19)10-18(13-7-4-3-6-12(13)16)23(20,21)15-8-5-9-22-15/h3-9,11H,10H2,1-2H3,(H,17,19). The lowest BCUT2D eigenvalue weighted by Gasteiger charge is -2.24. The number of nitrogens with one attached hydrogen (secondary N) is 1. The summed E-state index contributed by atoms with van der Waals surface area (Å²) in [5.74, 6) is -1.20. The molecule has 0 radical (unpaired) electrons. The normalized spacial score (nSPS) is 11.5. The highest BCUT2D eigenvalue weighted by atomic mass is 32.2. The van der Waals surface area contributed by atoms with Crippen LogP contribution in [0, 0.1) is 5.82 Å². The molecule has 0 fully saturated rings. The van der Waals surface area contributed by atoms with E-state index in [1.165, 1.54) is 24.3 Å². The Bertz CT molecular complexity index is 774. The zero-order chi connectivity index (χ0) is 17.0. The Morgan fingerprint density at radius 1 is 1.26 bits per heavy atom. The maximum atomic E-state index is 14.1. The predicted molar refractivity (Wildman–Crippen MR) is 88.5 cm³/mol. The molecule has 1 N–H and O–H groups in total. The van der Waals surface area contributed by atoms with Crippen molar-refractivity contribution in [3.05, 3.63) is 47.6 Å². The summed E-state index contributed by atoms with van der Waals surface area (Å²) in [4.78, 5) is 12.0. The number of amides is 1. The number of para-hydroxylation sites is 1. The van der Waals surface area contributed by atoms with E-state index in [0.717, 1.165) is 21.7 Å². The zero-order valence-electron chi connectivity index (χ0n) is 12.7. The van der Waals surface area contributed by atoms with Crippen molar-refractivity contribution < 1.29 is 17.6 Å². The zero-order valence-corrected chi connectivity index (χ0v) is 14.3. The Labute approximate surface area is 138 Å². The fourth-order valence-corrected chi connectivity index (χ4v) is 4.50. The van der Waals surface area contributed by atoms with Gasteiger partial charge >= 0.3 is 0 Å². The third-order valence-corrected chi connectivity index (χ3v) is 6.03. The molecule has 2 aromatic rings. The van der Waals surface area contributed by atoms with Crippen LogP contribution in [0.25, 0.3) is 0 Å². The van der Waals surface area contributed by atoms with E-state index in [2.05, 4.69) is 5.32 Å². The average Bonchev–Trinajstić information content (AvgIpc) is 2.99. The van der Waals surface area contributed by atoms with Crippen LogP contribution in [-0.2, 0) is 14.8 Å². The van der Waals surface area contributed by atoms with Crippen molar-refractivity contribution in [3.8, 4) is 0 Å². The molecule has 23 heavy (non-hydrogen) atoms. The van der Waals surface area contributed by atoms with E-state index in [4.69, 9.17) is 0 Å². The van der Waals surface area contributed by atoms with Crippen molar-refractivity contribution in [2.24, 2.45) is 0 Å². The van der Waals surface area contributed by atoms with Gasteiger partial charge in [0.05, 0.1) is 5.69 Å². The van der Waals surface area contributed by atoms with E-state index in [1.807, 2.05) is 0 Å². The number of carbonyl (C=O) groups is 1. The monoisotopic (exact) mass is 356 g/mol. The Morgan fingerprint density at radius 2 is 1.96 bits per heavy atom. The summed E-state index contributed by atoms with van der Waals surface area (Å²) >= 11 is 1.02. The SMILES string of the molecule is CC(C)NC(=O)CN(c1ccccc1F)S(=O)(=O)c1cccs1. The van der Waals surface area contributed by atoms with Gasteiger partial charge in [-0.1, -0.05) is 18.2 Å². The van der Waals surface area contributed by atoms with Gasteiger partial charge < -0.3 is 5.32 Å². The number of halogens is 1. The highest BCUT2D eigenvalue weighted by Gasteiger charge is 2.29. The second-order valence-corrected chi connectivity index (χ2v) is 8.15. The number of rotatable bonds is 6. The second-order valence-electron chi connectivity index (χ2n) is 5.12. The summed E-state index contributed by atoms with van der Waals surface area (Å²) in [5.41, 5.74) is -0.153. The van der Waals surface area contributed by atoms with Crippen molar-refractivity contribution in [2.45, 2.75) is 24.1 Å². The third-order valence-electron chi connectivity index (χ3n) is 2.90. The predicted octanol–water partition coefficient (Wildman–Crippen LogP) is 2.61. The minimum atomic E-state index is -4.01. The smallest absolute Gasteiger partial charge is 0.274 e. The van der Waals surface area contributed by atoms with E-state index < -0.39 is 28.3 Å².